The smallest absolute Gasteiger partial charge is 0.409 e. The van der Waals surface area contributed by atoms with Crippen molar-refractivity contribution in [3.8, 4) is 11.5 Å². The van der Waals surface area contributed by atoms with Gasteiger partial charge >= 0.3 is 12.1 Å². The first-order valence-corrected chi connectivity index (χ1v) is 29.3. The van der Waals surface area contributed by atoms with Crippen molar-refractivity contribution in [3.05, 3.63) is 76.3 Å². The predicted octanol–water partition coefficient (Wildman–Crippen LogP) is 8.11. The number of hydrazone groups is 1. The largest absolute Gasteiger partial charge is 0.495 e. The summed E-state index contributed by atoms with van der Waals surface area (Å²) in [6, 6.07) is 10.0. The SMILES string of the molecule is CC/C(=N\NC(C)(C)C(=O)CC(C)(C)SSCCC(=O)N(C)[C@@H](C)C(=O)O[C@H]1CC(=O)N(C)c2cc(cc(OC)c2Cl)C/C(C)=C/C=C/[C@@H](OC)[C@@]2(O)C[C@H](OC(=O)N2)[C@@H](C)[C@@H]2OC12C)c1ccc(OCCCC(=O)NC)cc1. The van der Waals surface area contributed by atoms with E-state index in [1.807, 2.05) is 58.0 Å². The molecule has 2 aromatic carbocycles. The van der Waals surface area contributed by atoms with Crippen molar-refractivity contribution in [2.24, 2.45) is 11.0 Å². The van der Waals surface area contributed by atoms with Crippen molar-refractivity contribution >= 4 is 80.2 Å². The summed E-state index contributed by atoms with van der Waals surface area (Å²) in [5.41, 5.74) is 2.68. The highest BCUT2D eigenvalue weighted by atomic mass is 35.5. The first-order chi connectivity index (χ1) is 37.1. The van der Waals surface area contributed by atoms with Crippen LogP contribution in [0.4, 0.5) is 10.5 Å². The number of nitrogens with one attached hydrogen (secondary N) is 3. The van der Waals surface area contributed by atoms with E-state index < -0.39 is 76.0 Å². The van der Waals surface area contributed by atoms with Gasteiger partial charge in [-0.2, -0.15) is 5.10 Å². The Kier molecular flexibility index (Phi) is 22.8. The zero-order valence-corrected chi connectivity index (χ0v) is 50.5. The number of ether oxygens (including phenoxy) is 6. The Labute approximate surface area is 478 Å². The highest BCUT2D eigenvalue weighted by Gasteiger charge is 2.64. The molecule has 2 saturated heterocycles. The number of alkyl carbamates (subject to hydrolysis) is 1. The van der Waals surface area contributed by atoms with Crippen LogP contribution in [0.15, 0.2) is 65.3 Å². The molecule has 4 amide bonds. The number of carbonyl (C=O) groups excluding carboxylic acids is 6. The lowest BCUT2D eigenvalue weighted by Gasteiger charge is -2.42. The normalized spacial score (nSPS) is 25.3. The lowest BCUT2D eigenvalue weighted by molar-refractivity contribution is -0.162. The van der Waals surface area contributed by atoms with Gasteiger partial charge in [0.1, 0.15) is 52.0 Å². The molecule has 0 spiro atoms. The van der Waals surface area contributed by atoms with E-state index in [0.717, 1.165) is 22.4 Å². The fourth-order valence-corrected chi connectivity index (χ4v) is 12.1. The number of halogens is 1. The van der Waals surface area contributed by atoms with Crippen molar-refractivity contribution in [2.75, 3.05) is 52.6 Å². The number of esters is 1. The van der Waals surface area contributed by atoms with Gasteiger partial charge in [0.25, 0.3) is 0 Å². The maximum atomic E-state index is 14.4. The first kappa shape index (κ1) is 64.5. The summed E-state index contributed by atoms with van der Waals surface area (Å²) in [6.07, 6.45) is 2.48. The summed E-state index contributed by atoms with van der Waals surface area (Å²) in [4.78, 5) is 83.2. The fourth-order valence-electron chi connectivity index (χ4n) is 9.27. The number of likely N-dealkylation sites (N-methyl/N-ethyl adjacent to an activating group) is 1. The van der Waals surface area contributed by atoms with Crippen LogP contribution in [0.2, 0.25) is 5.02 Å². The molecule has 79 heavy (non-hydrogen) atoms. The van der Waals surface area contributed by atoms with Gasteiger partial charge in [0.05, 0.1) is 37.6 Å². The van der Waals surface area contributed by atoms with Crippen LogP contribution in [-0.2, 0) is 49.3 Å². The van der Waals surface area contributed by atoms with Crippen LogP contribution in [0.3, 0.4) is 0 Å². The molecule has 0 saturated carbocycles. The van der Waals surface area contributed by atoms with Crippen molar-refractivity contribution < 1.29 is 62.3 Å². The van der Waals surface area contributed by atoms with E-state index in [9.17, 15) is 33.9 Å². The van der Waals surface area contributed by atoms with Crippen molar-refractivity contribution in [3.63, 3.8) is 0 Å². The number of hydrogen-bond acceptors (Lipinski definition) is 17. The summed E-state index contributed by atoms with van der Waals surface area (Å²) in [7, 11) is 10.5. The average molecular weight is 1160 g/mol. The zero-order chi connectivity index (χ0) is 58.6. The standard InChI is InChI=1S/C57H81ClN6O13S2/c1-15-40(38-21-23-39(24-22-38)74-26-17-20-47(66)59-10)61-62-55(7,8)44(65)33-54(5,6)79-78-27-25-48(67)63(11)36(4)52(69)76-46-31-49(68)64(12)41-29-37(30-42(72-13)50(41)58)28-34(2)18-16-19-45(73-14)57(71)32-43(75-53(70)60-57)35(3)51-56(46,9)77-51/h16,18-19,21-24,29-30,35-36,43,45-46,51,62,71H,15,17,20,25-28,31-33H2,1-14H3,(H,59,66)(H,60,70)/b19-16+,34-18+,61-40+/t35-,36+,43+,45-,46+,51+,56?,57+/m1/s1. The Balaban J connectivity index is 1.22. The molecule has 0 aromatic heterocycles. The molecule has 0 aliphatic carbocycles. The molecule has 4 N–H and O–H groups in total. The average Bonchev–Trinajstić information content (AvgIpc) is 4.22. The maximum absolute atomic E-state index is 14.4. The Morgan fingerprint density at radius 1 is 1.10 bits per heavy atom. The molecule has 4 bridgehead atoms. The maximum Gasteiger partial charge on any atom is 0.409 e. The molecule has 19 nitrogen and oxygen atoms in total. The summed E-state index contributed by atoms with van der Waals surface area (Å²) in [5, 5.41) is 21.9. The van der Waals surface area contributed by atoms with Crippen molar-refractivity contribution in [1.82, 2.24) is 21.0 Å². The number of Topliss-reactive ketones (excluding diaryl/α,β-unsaturated/α-hetero) is 1. The van der Waals surface area contributed by atoms with Gasteiger partial charge in [0.2, 0.25) is 17.7 Å². The van der Waals surface area contributed by atoms with Crippen LogP contribution in [0.1, 0.15) is 118 Å². The number of nitrogens with zero attached hydrogens (tertiary/aromatic N) is 3. The highest BCUT2D eigenvalue weighted by molar-refractivity contribution is 8.77. The predicted molar refractivity (Wildman–Crippen MR) is 309 cm³/mol. The van der Waals surface area contributed by atoms with Crippen LogP contribution in [0.25, 0.3) is 0 Å². The topological polar surface area (TPSA) is 236 Å². The third-order valence-electron chi connectivity index (χ3n) is 14.6. The summed E-state index contributed by atoms with van der Waals surface area (Å²) in [5.74, 6) is -0.798. The number of hydrogen-bond donors (Lipinski definition) is 4. The number of carbonyl (C=O) groups is 6. The van der Waals surface area contributed by atoms with E-state index in [-0.39, 0.29) is 48.3 Å². The number of anilines is 1. The third kappa shape index (κ3) is 17.1. The number of amides is 4. The second kappa shape index (κ2) is 27.9. The number of methoxy groups -OCH3 is 2. The number of allylic oxidation sites excluding steroid dienone is 3. The van der Waals surface area contributed by atoms with E-state index in [4.69, 9.17) is 40.0 Å². The summed E-state index contributed by atoms with van der Waals surface area (Å²) < 4.78 is 34.9. The van der Waals surface area contributed by atoms with E-state index in [1.54, 1.807) is 73.0 Å². The van der Waals surface area contributed by atoms with E-state index in [1.165, 1.54) is 52.7 Å². The molecular weight excluding hydrogens is 1080 g/mol. The van der Waals surface area contributed by atoms with E-state index in [2.05, 4.69) is 21.2 Å². The molecule has 3 aliphatic heterocycles. The molecule has 2 fully saturated rings. The Bertz CT molecular complexity index is 2620. The minimum atomic E-state index is -1.87. The van der Waals surface area contributed by atoms with Gasteiger partial charge in [-0.25, -0.2) is 9.59 Å². The molecule has 22 heteroatoms. The quantitative estimate of drug-likeness (QED) is 0.0218. The molecular formula is C57H81ClN6O13S2. The summed E-state index contributed by atoms with van der Waals surface area (Å²) in [6.45, 7) is 16.9. The molecule has 2 aromatic rings. The van der Waals surface area contributed by atoms with Crippen LogP contribution in [-0.4, -0.2) is 151 Å². The van der Waals surface area contributed by atoms with Crippen LogP contribution < -0.4 is 30.4 Å². The second-order valence-corrected chi connectivity index (χ2v) is 25.2. The van der Waals surface area contributed by atoms with Gasteiger partial charge < -0.3 is 48.6 Å². The van der Waals surface area contributed by atoms with Crippen LogP contribution >= 0.6 is 33.2 Å². The molecule has 1 unspecified atom stereocenters. The summed E-state index contributed by atoms with van der Waals surface area (Å²) >= 11 is 6.84. The van der Waals surface area contributed by atoms with E-state index >= 15 is 0 Å². The minimum absolute atomic E-state index is 0.0313. The Hall–Kier alpha value is -5.32. The number of fused-ring (bicyclic) bond motifs is 5. The molecule has 3 aliphatic rings. The monoisotopic (exact) mass is 1160 g/mol. The number of rotatable bonds is 22. The van der Waals surface area contributed by atoms with Gasteiger partial charge in [-0.15, -0.1) is 0 Å². The number of aliphatic hydroxyl groups is 1. The van der Waals surface area contributed by atoms with Crippen molar-refractivity contribution in [2.45, 2.75) is 166 Å². The van der Waals surface area contributed by atoms with Crippen molar-refractivity contribution in [1.29, 1.82) is 0 Å². The van der Waals surface area contributed by atoms with Gasteiger partial charge in [-0.3, -0.25) is 29.9 Å². The molecule has 5 rings (SSSR count). The fraction of sp³-hybridized carbons (Fsp3) is 0.596. The minimum Gasteiger partial charge on any atom is -0.495 e. The van der Waals surface area contributed by atoms with Crippen LogP contribution in [0, 0.1) is 5.92 Å². The number of benzene rings is 2. The third-order valence-corrected chi connectivity index (χ3v) is 18.3. The second-order valence-electron chi connectivity index (χ2n) is 21.7. The van der Waals surface area contributed by atoms with Crippen LogP contribution in [0.5, 0.6) is 11.5 Å². The van der Waals surface area contributed by atoms with Gasteiger partial charge in [0, 0.05) is 70.4 Å². The van der Waals surface area contributed by atoms with Gasteiger partial charge in [-0.1, -0.05) is 70.8 Å². The number of epoxide rings is 1. The molecule has 436 valence electrons. The van der Waals surface area contributed by atoms with Gasteiger partial charge in [-0.05, 0) is 115 Å². The molecule has 3 heterocycles. The number of ketones is 1. The Morgan fingerprint density at radius 2 is 1.80 bits per heavy atom. The Morgan fingerprint density at radius 3 is 2.44 bits per heavy atom. The zero-order valence-electron chi connectivity index (χ0n) is 48.1. The van der Waals surface area contributed by atoms with E-state index in [0.29, 0.717) is 55.2 Å². The van der Waals surface area contributed by atoms with Gasteiger partial charge in [0.15, 0.2) is 11.5 Å². The first-order valence-electron chi connectivity index (χ1n) is 26.6. The lowest BCUT2D eigenvalue weighted by Crippen LogP contribution is -2.63. The molecule has 8 atom stereocenters. The highest BCUT2D eigenvalue weighted by Crippen LogP contribution is 2.49. The molecule has 0 radical (unpaired) electrons. The lowest BCUT2D eigenvalue weighted by atomic mass is 9.83.